The number of aromatic nitrogens is 1. The monoisotopic (exact) mass is 278 g/mol. The second-order valence-electron chi connectivity index (χ2n) is 4.27. The molecule has 2 aromatic rings. The first-order chi connectivity index (χ1) is 9.22. The average Bonchev–Trinajstić information content (AvgIpc) is 2.93. The summed E-state index contributed by atoms with van der Waals surface area (Å²) in [7, 11) is 1.68. The molecule has 5 heteroatoms. The van der Waals surface area contributed by atoms with Crippen LogP contribution in [-0.2, 0) is 17.9 Å². The lowest BCUT2D eigenvalue weighted by Gasteiger charge is -2.06. The third-order valence-electron chi connectivity index (χ3n) is 2.85. The SMILES string of the molecule is CO[C@H](C)c1nc(CNc2cccc(CO)c2)cs1. The van der Waals surface area contributed by atoms with Crippen molar-refractivity contribution in [2.24, 2.45) is 0 Å². The molecule has 0 saturated carbocycles. The van der Waals surface area contributed by atoms with E-state index in [-0.39, 0.29) is 12.7 Å². The summed E-state index contributed by atoms with van der Waals surface area (Å²) in [4.78, 5) is 4.52. The Balaban J connectivity index is 1.96. The fourth-order valence-corrected chi connectivity index (χ4v) is 2.51. The van der Waals surface area contributed by atoms with E-state index in [9.17, 15) is 0 Å². The highest BCUT2D eigenvalue weighted by molar-refractivity contribution is 7.09. The number of methoxy groups -OCH3 is 1. The number of nitrogens with one attached hydrogen (secondary N) is 1. The van der Waals surface area contributed by atoms with Crippen molar-refractivity contribution >= 4 is 17.0 Å². The molecule has 19 heavy (non-hydrogen) atoms. The highest BCUT2D eigenvalue weighted by Gasteiger charge is 2.09. The number of aliphatic hydroxyl groups excluding tert-OH is 1. The standard InChI is InChI=1S/C14H18N2O2S/c1-10(18-2)14-16-13(9-19-14)7-15-12-5-3-4-11(6-12)8-17/h3-6,9-10,15,17H,7-8H2,1-2H3/t10-/m1/s1. The Hall–Kier alpha value is -1.43. The van der Waals surface area contributed by atoms with Crippen molar-refractivity contribution in [3.8, 4) is 0 Å². The molecule has 0 spiro atoms. The van der Waals surface area contributed by atoms with Gasteiger partial charge in [0.15, 0.2) is 0 Å². The van der Waals surface area contributed by atoms with E-state index in [0.29, 0.717) is 6.54 Å². The van der Waals surface area contributed by atoms with Crippen molar-refractivity contribution < 1.29 is 9.84 Å². The van der Waals surface area contributed by atoms with Crippen molar-refractivity contribution in [3.05, 3.63) is 45.9 Å². The first kappa shape index (κ1) is 14.0. The second kappa shape index (κ2) is 6.65. The Morgan fingerprint density at radius 3 is 3.05 bits per heavy atom. The number of hydrogen-bond donors (Lipinski definition) is 2. The van der Waals surface area contributed by atoms with E-state index in [4.69, 9.17) is 9.84 Å². The molecule has 1 aromatic carbocycles. The molecule has 0 amide bonds. The van der Waals surface area contributed by atoms with E-state index in [2.05, 4.69) is 10.3 Å². The molecular weight excluding hydrogens is 260 g/mol. The zero-order chi connectivity index (χ0) is 13.7. The summed E-state index contributed by atoms with van der Waals surface area (Å²) in [6.07, 6.45) is 0.0384. The first-order valence-corrected chi connectivity index (χ1v) is 7.01. The maximum Gasteiger partial charge on any atom is 0.122 e. The maximum atomic E-state index is 9.09. The molecule has 1 heterocycles. The van der Waals surface area contributed by atoms with Crippen molar-refractivity contribution in [1.29, 1.82) is 0 Å². The molecule has 0 saturated heterocycles. The number of rotatable bonds is 6. The summed E-state index contributed by atoms with van der Waals surface area (Å²) in [5.41, 5.74) is 2.89. The fraction of sp³-hybridized carbons (Fsp3) is 0.357. The lowest BCUT2D eigenvalue weighted by Crippen LogP contribution is -2.01. The van der Waals surface area contributed by atoms with Gasteiger partial charge in [-0.3, -0.25) is 0 Å². The van der Waals surface area contributed by atoms with Crippen LogP contribution in [0.15, 0.2) is 29.6 Å². The Morgan fingerprint density at radius 1 is 1.47 bits per heavy atom. The Morgan fingerprint density at radius 2 is 2.32 bits per heavy atom. The molecule has 1 aromatic heterocycles. The van der Waals surface area contributed by atoms with Crippen LogP contribution in [0.1, 0.15) is 29.3 Å². The molecule has 0 fully saturated rings. The predicted octanol–water partition coefficient (Wildman–Crippen LogP) is 2.95. The van der Waals surface area contributed by atoms with Gasteiger partial charge in [0.05, 0.1) is 18.8 Å². The highest BCUT2D eigenvalue weighted by atomic mass is 32.1. The Kier molecular flexibility index (Phi) is 4.90. The Bertz CT molecular complexity index is 528. The zero-order valence-corrected chi connectivity index (χ0v) is 11.9. The van der Waals surface area contributed by atoms with E-state index in [1.54, 1.807) is 18.4 Å². The van der Waals surface area contributed by atoms with Crippen molar-refractivity contribution in [3.63, 3.8) is 0 Å². The highest BCUT2D eigenvalue weighted by Crippen LogP contribution is 2.21. The van der Waals surface area contributed by atoms with E-state index < -0.39 is 0 Å². The van der Waals surface area contributed by atoms with E-state index in [1.165, 1.54) is 0 Å². The van der Waals surface area contributed by atoms with E-state index in [0.717, 1.165) is 22.0 Å². The molecule has 2 rings (SSSR count). The largest absolute Gasteiger partial charge is 0.392 e. The number of thiazole rings is 1. The van der Waals surface area contributed by atoms with E-state index in [1.807, 2.05) is 36.6 Å². The molecule has 102 valence electrons. The summed E-state index contributed by atoms with van der Waals surface area (Å²) in [5.74, 6) is 0. The second-order valence-corrected chi connectivity index (χ2v) is 5.16. The molecule has 0 aliphatic heterocycles. The third kappa shape index (κ3) is 3.76. The van der Waals surface area contributed by atoms with Crippen molar-refractivity contribution in [1.82, 2.24) is 4.98 Å². The summed E-state index contributed by atoms with van der Waals surface area (Å²) in [6, 6.07) is 7.73. The molecule has 0 aliphatic rings. The lowest BCUT2D eigenvalue weighted by molar-refractivity contribution is 0.119. The van der Waals surface area contributed by atoms with Gasteiger partial charge in [-0.25, -0.2) is 4.98 Å². The van der Waals surface area contributed by atoms with Gasteiger partial charge >= 0.3 is 0 Å². The smallest absolute Gasteiger partial charge is 0.122 e. The topological polar surface area (TPSA) is 54.4 Å². The van der Waals surface area contributed by atoms with Crippen LogP contribution in [0.5, 0.6) is 0 Å². The molecular formula is C14H18N2O2S. The van der Waals surface area contributed by atoms with Crippen LogP contribution in [-0.4, -0.2) is 17.2 Å². The summed E-state index contributed by atoms with van der Waals surface area (Å²) in [6.45, 7) is 2.71. The minimum atomic E-state index is 0.0384. The van der Waals surface area contributed by atoms with Crippen molar-refractivity contribution in [2.75, 3.05) is 12.4 Å². The molecule has 0 bridgehead atoms. The molecule has 2 N–H and O–H groups in total. The van der Waals surface area contributed by atoms with Gasteiger partial charge in [0, 0.05) is 18.2 Å². The number of aliphatic hydroxyl groups is 1. The minimum absolute atomic E-state index is 0.0384. The van der Waals surface area contributed by atoms with Gasteiger partial charge in [0.1, 0.15) is 11.1 Å². The minimum Gasteiger partial charge on any atom is -0.392 e. The lowest BCUT2D eigenvalue weighted by atomic mass is 10.2. The molecule has 0 unspecified atom stereocenters. The van der Waals surface area contributed by atoms with Crippen LogP contribution in [0, 0.1) is 0 Å². The van der Waals surface area contributed by atoms with Crippen LogP contribution < -0.4 is 5.32 Å². The molecule has 0 aliphatic carbocycles. The number of ether oxygens (including phenoxy) is 1. The third-order valence-corrected chi connectivity index (χ3v) is 3.91. The van der Waals surface area contributed by atoms with E-state index >= 15 is 0 Å². The number of hydrogen-bond acceptors (Lipinski definition) is 5. The summed E-state index contributed by atoms with van der Waals surface area (Å²) >= 11 is 1.61. The van der Waals surface area contributed by atoms with Crippen LogP contribution in [0.3, 0.4) is 0 Å². The van der Waals surface area contributed by atoms with Gasteiger partial charge < -0.3 is 15.2 Å². The van der Waals surface area contributed by atoms with Crippen LogP contribution in [0.2, 0.25) is 0 Å². The molecule has 1 atom stereocenters. The quantitative estimate of drug-likeness (QED) is 0.853. The van der Waals surface area contributed by atoms with Gasteiger partial charge in [-0.15, -0.1) is 11.3 Å². The van der Waals surface area contributed by atoms with Crippen molar-refractivity contribution in [2.45, 2.75) is 26.2 Å². The van der Waals surface area contributed by atoms with Crippen LogP contribution in [0.4, 0.5) is 5.69 Å². The zero-order valence-electron chi connectivity index (χ0n) is 11.1. The summed E-state index contributed by atoms with van der Waals surface area (Å²) in [5, 5.41) is 15.4. The first-order valence-electron chi connectivity index (χ1n) is 6.13. The normalized spacial score (nSPS) is 12.4. The van der Waals surface area contributed by atoms with Gasteiger partial charge in [-0.1, -0.05) is 12.1 Å². The molecule has 0 radical (unpaired) electrons. The number of nitrogens with zero attached hydrogens (tertiary/aromatic N) is 1. The molecule has 4 nitrogen and oxygen atoms in total. The van der Waals surface area contributed by atoms with Crippen LogP contribution >= 0.6 is 11.3 Å². The van der Waals surface area contributed by atoms with Crippen LogP contribution in [0.25, 0.3) is 0 Å². The number of anilines is 1. The van der Waals surface area contributed by atoms with Gasteiger partial charge in [-0.2, -0.15) is 0 Å². The summed E-state index contributed by atoms with van der Waals surface area (Å²) < 4.78 is 5.24. The maximum absolute atomic E-state index is 9.09. The predicted molar refractivity (Wildman–Crippen MR) is 77.2 cm³/mol. The number of benzene rings is 1. The Labute approximate surface area is 117 Å². The fourth-order valence-electron chi connectivity index (χ4n) is 1.66. The van der Waals surface area contributed by atoms with Gasteiger partial charge in [0.25, 0.3) is 0 Å². The van der Waals surface area contributed by atoms with Gasteiger partial charge in [0.2, 0.25) is 0 Å². The average molecular weight is 278 g/mol. The van der Waals surface area contributed by atoms with Gasteiger partial charge in [-0.05, 0) is 24.6 Å².